The van der Waals surface area contributed by atoms with Gasteiger partial charge in [-0.2, -0.15) is 5.26 Å². The van der Waals surface area contributed by atoms with Crippen LogP contribution in [0.2, 0.25) is 0 Å². The van der Waals surface area contributed by atoms with E-state index in [1.54, 1.807) is 0 Å². The van der Waals surface area contributed by atoms with Gasteiger partial charge >= 0.3 is 0 Å². The van der Waals surface area contributed by atoms with Gasteiger partial charge in [-0.1, -0.05) is 19.8 Å². The topological polar surface area (TPSA) is 27.0 Å². The summed E-state index contributed by atoms with van der Waals surface area (Å²) >= 11 is 0. The van der Waals surface area contributed by atoms with Crippen LogP contribution in [0, 0.1) is 23.2 Å². The third-order valence-electron chi connectivity index (χ3n) is 3.19. The molecule has 1 fully saturated rings. The lowest BCUT2D eigenvalue weighted by atomic mass is 10.1. The Kier molecular flexibility index (Phi) is 4.97. The minimum atomic E-state index is 0.177. The van der Waals surface area contributed by atoms with Crippen molar-refractivity contribution in [3.05, 3.63) is 0 Å². The highest BCUT2D eigenvalue weighted by molar-refractivity contribution is 4.82. The molecular formula is C12H22N2. The van der Waals surface area contributed by atoms with Gasteiger partial charge in [0.1, 0.15) is 0 Å². The molecule has 0 saturated heterocycles. The Bertz CT molecular complexity index is 189. The highest BCUT2D eigenvalue weighted by Crippen LogP contribution is 2.25. The molecule has 0 bridgehead atoms. The maximum absolute atomic E-state index is 8.76. The van der Waals surface area contributed by atoms with Crippen molar-refractivity contribution in [3.63, 3.8) is 0 Å². The summed E-state index contributed by atoms with van der Waals surface area (Å²) in [5.74, 6) is 1.08. The molecule has 0 aromatic rings. The summed E-state index contributed by atoms with van der Waals surface area (Å²) in [5.41, 5.74) is 0. The van der Waals surface area contributed by atoms with Crippen molar-refractivity contribution in [3.8, 4) is 6.07 Å². The van der Waals surface area contributed by atoms with Crippen LogP contribution in [0.5, 0.6) is 0 Å². The highest BCUT2D eigenvalue weighted by atomic mass is 15.1. The summed E-state index contributed by atoms with van der Waals surface area (Å²) in [4.78, 5) is 2.43. The van der Waals surface area contributed by atoms with Crippen LogP contribution >= 0.6 is 0 Å². The zero-order chi connectivity index (χ0) is 10.4. The predicted octanol–water partition coefficient (Wildman–Crippen LogP) is 2.66. The van der Waals surface area contributed by atoms with Crippen molar-refractivity contribution in [2.24, 2.45) is 11.8 Å². The molecule has 0 heterocycles. The summed E-state index contributed by atoms with van der Waals surface area (Å²) < 4.78 is 0. The van der Waals surface area contributed by atoms with Crippen LogP contribution in [0.1, 0.15) is 39.5 Å². The van der Waals surface area contributed by atoms with Crippen LogP contribution in [0.25, 0.3) is 0 Å². The number of hydrogen-bond donors (Lipinski definition) is 0. The molecule has 1 unspecified atom stereocenters. The van der Waals surface area contributed by atoms with Crippen molar-refractivity contribution >= 4 is 0 Å². The molecule has 1 atom stereocenters. The molecule has 14 heavy (non-hydrogen) atoms. The normalized spacial score (nSPS) is 19.9. The smallest absolute Gasteiger partial charge is 0.0666 e. The summed E-state index contributed by atoms with van der Waals surface area (Å²) in [6.45, 7) is 7.45. The Morgan fingerprint density at radius 3 is 2.57 bits per heavy atom. The van der Waals surface area contributed by atoms with Crippen molar-refractivity contribution in [1.29, 1.82) is 5.26 Å². The van der Waals surface area contributed by atoms with Crippen LogP contribution in [0.3, 0.4) is 0 Å². The average molecular weight is 194 g/mol. The van der Waals surface area contributed by atoms with Crippen molar-refractivity contribution in [2.75, 3.05) is 19.6 Å². The highest BCUT2D eigenvalue weighted by Gasteiger charge is 2.18. The zero-order valence-corrected chi connectivity index (χ0v) is 9.50. The third-order valence-corrected chi connectivity index (χ3v) is 3.19. The molecular weight excluding hydrogens is 172 g/mol. The third kappa shape index (κ3) is 3.67. The molecule has 80 valence electrons. The van der Waals surface area contributed by atoms with Gasteiger partial charge < -0.3 is 4.90 Å². The van der Waals surface area contributed by atoms with Gasteiger partial charge in [0.25, 0.3) is 0 Å². The molecule has 0 aromatic heterocycles. The second-order valence-electron chi connectivity index (χ2n) is 4.53. The lowest BCUT2D eigenvalue weighted by molar-refractivity contribution is 0.228. The molecule has 0 amide bonds. The van der Waals surface area contributed by atoms with Gasteiger partial charge in [0.2, 0.25) is 0 Å². The van der Waals surface area contributed by atoms with E-state index in [0.717, 1.165) is 19.0 Å². The number of rotatable bonds is 5. The first-order valence-corrected chi connectivity index (χ1v) is 5.88. The molecule has 2 nitrogen and oxygen atoms in total. The Morgan fingerprint density at radius 1 is 1.43 bits per heavy atom. The molecule has 1 saturated carbocycles. The summed E-state index contributed by atoms with van der Waals surface area (Å²) in [5, 5.41) is 8.76. The lowest BCUT2D eigenvalue weighted by Gasteiger charge is -2.24. The Labute approximate surface area is 87.9 Å². The Hall–Kier alpha value is -0.550. The Morgan fingerprint density at radius 2 is 2.07 bits per heavy atom. The van der Waals surface area contributed by atoms with Crippen LogP contribution < -0.4 is 0 Å². The maximum Gasteiger partial charge on any atom is 0.0666 e. The molecule has 0 radical (unpaired) electrons. The van der Waals surface area contributed by atoms with Gasteiger partial charge in [0.15, 0.2) is 0 Å². The van der Waals surface area contributed by atoms with E-state index in [9.17, 15) is 0 Å². The van der Waals surface area contributed by atoms with Gasteiger partial charge in [-0.25, -0.2) is 0 Å². The quantitative estimate of drug-likeness (QED) is 0.672. The first-order valence-electron chi connectivity index (χ1n) is 5.88. The van der Waals surface area contributed by atoms with E-state index in [4.69, 9.17) is 5.26 Å². The molecule has 0 N–H and O–H groups in total. The predicted molar refractivity (Wildman–Crippen MR) is 58.8 cm³/mol. The van der Waals surface area contributed by atoms with Crippen LogP contribution in [0.4, 0.5) is 0 Å². The number of nitriles is 1. The standard InChI is InChI=1S/C12H22N2/c1-3-14(9-11(2)8-13)10-12-6-4-5-7-12/h11-12H,3-7,9-10H2,1-2H3. The molecule has 1 aliphatic rings. The Balaban J connectivity index is 2.27. The lowest BCUT2D eigenvalue weighted by Crippen LogP contribution is -2.32. The molecule has 0 spiro atoms. The fourth-order valence-corrected chi connectivity index (χ4v) is 2.32. The van der Waals surface area contributed by atoms with Gasteiger partial charge in [0.05, 0.1) is 12.0 Å². The molecule has 1 aliphatic carbocycles. The van der Waals surface area contributed by atoms with Crippen molar-refractivity contribution in [1.82, 2.24) is 4.90 Å². The fourth-order valence-electron chi connectivity index (χ4n) is 2.32. The molecule has 2 heteroatoms. The van der Waals surface area contributed by atoms with Gasteiger partial charge in [-0.3, -0.25) is 0 Å². The van der Waals surface area contributed by atoms with E-state index in [1.165, 1.54) is 32.2 Å². The summed E-state index contributed by atoms with van der Waals surface area (Å²) in [6.07, 6.45) is 5.63. The summed E-state index contributed by atoms with van der Waals surface area (Å²) in [7, 11) is 0. The van der Waals surface area contributed by atoms with Gasteiger partial charge in [-0.05, 0) is 32.2 Å². The van der Waals surface area contributed by atoms with E-state index < -0.39 is 0 Å². The van der Waals surface area contributed by atoms with E-state index >= 15 is 0 Å². The molecule has 0 aromatic carbocycles. The van der Waals surface area contributed by atoms with Crippen LogP contribution in [-0.4, -0.2) is 24.5 Å². The summed E-state index contributed by atoms with van der Waals surface area (Å²) in [6, 6.07) is 2.31. The van der Waals surface area contributed by atoms with E-state index in [2.05, 4.69) is 17.9 Å². The van der Waals surface area contributed by atoms with Crippen LogP contribution in [0.15, 0.2) is 0 Å². The van der Waals surface area contributed by atoms with Crippen LogP contribution in [-0.2, 0) is 0 Å². The largest absolute Gasteiger partial charge is 0.302 e. The molecule has 0 aliphatic heterocycles. The SMILES string of the molecule is CCN(CC(C)C#N)CC1CCCC1. The van der Waals surface area contributed by atoms with E-state index in [1.807, 2.05) is 6.92 Å². The minimum absolute atomic E-state index is 0.177. The minimum Gasteiger partial charge on any atom is -0.302 e. The van der Waals surface area contributed by atoms with Crippen molar-refractivity contribution < 1.29 is 0 Å². The fraction of sp³-hybridized carbons (Fsp3) is 0.917. The number of nitrogens with zero attached hydrogens (tertiary/aromatic N) is 2. The van der Waals surface area contributed by atoms with Gasteiger partial charge in [0, 0.05) is 13.1 Å². The second kappa shape index (κ2) is 6.03. The maximum atomic E-state index is 8.76. The molecule has 1 rings (SSSR count). The first-order chi connectivity index (χ1) is 6.76. The second-order valence-corrected chi connectivity index (χ2v) is 4.53. The number of hydrogen-bond acceptors (Lipinski definition) is 2. The first kappa shape index (κ1) is 11.5. The monoisotopic (exact) mass is 194 g/mol. The van der Waals surface area contributed by atoms with E-state index in [-0.39, 0.29) is 5.92 Å². The van der Waals surface area contributed by atoms with E-state index in [0.29, 0.717) is 0 Å². The average Bonchev–Trinajstić information content (AvgIpc) is 2.69. The van der Waals surface area contributed by atoms with Crippen molar-refractivity contribution in [2.45, 2.75) is 39.5 Å². The zero-order valence-electron chi connectivity index (χ0n) is 9.50. The van der Waals surface area contributed by atoms with Gasteiger partial charge in [-0.15, -0.1) is 0 Å².